The first kappa shape index (κ1) is 22.5. The molecule has 3 amide bonds. The summed E-state index contributed by atoms with van der Waals surface area (Å²) in [6, 6.07) is 12.9. The molecule has 0 aliphatic carbocycles. The van der Waals surface area contributed by atoms with Gasteiger partial charge in [-0.3, -0.25) is 14.4 Å². The third kappa shape index (κ3) is 6.14. The molecule has 0 unspecified atom stereocenters. The number of para-hydroxylation sites is 1. The van der Waals surface area contributed by atoms with Gasteiger partial charge < -0.3 is 25.4 Å². The Bertz CT molecular complexity index is 966. The summed E-state index contributed by atoms with van der Waals surface area (Å²) in [6.07, 6.45) is 0.260. The van der Waals surface area contributed by atoms with Gasteiger partial charge in [0.1, 0.15) is 0 Å². The lowest BCUT2D eigenvalue weighted by Crippen LogP contribution is -2.36. The largest absolute Gasteiger partial charge is 0.493 e. The minimum absolute atomic E-state index is 0.0551. The number of benzene rings is 2. The van der Waals surface area contributed by atoms with Crippen molar-refractivity contribution in [2.24, 2.45) is 5.73 Å². The highest BCUT2D eigenvalue weighted by Gasteiger charge is 2.22. The van der Waals surface area contributed by atoms with Gasteiger partial charge >= 0.3 is 0 Å². The summed E-state index contributed by atoms with van der Waals surface area (Å²) in [5.41, 5.74) is 6.79. The van der Waals surface area contributed by atoms with E-state index in [2.05, 4.69) is 5.32 Å². The summed E-state index contributed by atoms with van der Waals surface area (Å²) < 4.78 is 10.5. The second kappa shape index (κ2) is 10.7. The van der Waals surface area contributed by atoms with Gasteiger partial charge in [0.15, 0.2) is 18.1 Å². The van der Waals surface area contributed by atoms with Crippen LogP contribution >= 0.6 is 11.8 Å². The van der Waals surface area contributed by atoms with E-state index in [0.29, 0.717) is 18.0 Å². The fourth-order valence-electron chi connectivity index (χ4n) is 3.16. The number of hydrogen-bond donors (Lipinski definition) is 2. The van der Waals surface area contributed by atoms with E-state index in [0.717, 1.165) is 21.9 Å². The SMILES string of the molecule is COc1cc(CNC(=O)CCC(=O)N2CCSc3ccccc32)ccc1OCC(N)=O. The number of methoxy groups -OCH3 is 1. The maximum Gasteiger partial charge on any atom is 0.255 e. The van der Waals surface area contributed by atoms with Gasteiger partial charge in [-0.1, -0.05) is 18.2 Å². The van der Waals surface area contributed by atoms with Crippen molar-refractivity contribution in [3.63, 3.8) is 0 Å². The van der Waals surface area contributed by atoms with E-state index in [-0.39, 0.29) is 37.8 Å². The average molecular weight is 444 g/mol. The molecular weight excluding hydrogens is 418 g/mol. The van der Waals surface area contributed by atoms with Crippen LogP contribution in [0, 0.1) is 0 Å². The molecule has 1 heterocycles. The zero-order valence-corrected chi connectivity index (χ0v) is 18.1. The van der Waals surface area contributed by atoms with Crippen LogP contribution in [0.2, 0.25) is 0 Å². The Labute approximate surface area is 185 Å². The third-order valence-corrected chi connectivity index (χ3v) is 5.73. The Morgan fingerprint density at radius 3 is 2.71 bits per heavy atom. The van der Waals surface area contributed by atoms with Crippen molar-refractivity contribution in [3.05, 3.63) is 48.0 Å². The van der Waals surface area contributed by atoms with Crippen molar-refractivity contribution in [2.75, 3.05) is 30.9 Å². The fraction of sp³-hybridized carbons (Fsp3) is 0.318. The lowest BCUT2D eigenvalue weighted by molar-refractivity contribution is -0.125. The molecule has 31 heavy (non-hydrogen) atoms. The van der Waals surface area contributed by atoms with E-state index in [9.17, 15) is 14.4 Å². The molecule has 3 N–H and O–H groups in total. The zero-order valence-electron chi connectivity index (χ0n) is 17.3. The Morgan fingerprint density at radius 2 is 1.94 bits per heavy atom. The van der Waals surface area contributed by atoms with Crippen molar-refractivity contribution < 1.29 is 23.9 Å². The number of primary amides is 1. The van der Waals surface area contributed by atoms with E-state index < -0.39 is 5.91 Å². The zero-order chi connectivity index (χ0) is 22.2. The third-order valence-electron chi connectivity index (χ3n) is 4.68. The Balaban J connectivity index is 1.49. The van der Waals surface area contributed by atoms with Gasteiger partial charge in [-0.05, 0) is 29.8 Å². The average Bonchev–Trinajstić information content (AvgIpc) is 2.79. The standard InChI is InChI=1S/C22H25N3O5S/c1-29-18-12-15(6-7-17(18)30-14-20(23)26)13-24-21(27)8-9-22(28)25-10-11-31-19-5-3-2-4-16(19)25/h2-7,12H,8-11,13-14H2,1H3,(H2,23,26)(H,24,27). The van der Waals surface area contributed by atoms with E-state index in [1.165, 1.54) is 7.11 Å². The molecule has 3 rings (SSSR count). The number of carbonyl (C=O) groups is 3. The van der Waals surface area contributed by atoms with Gasteiger partial charge in [0.25, 0.3) is 5.91 Å². The molecule has 0 atom stereocenters. The molecular formula is C22H25N3O5S. The van der Waals surface area contributed by atoms with Crippen molar-refractivity contribution in [1.82, 2.24) is 5.32 Å². The van der Waals surface area contributed by atoms with E-state index in [1.54, 1.807) is 34.9 Å². The van der Waals surface area contributed by atoms with Crippen LogP contribution < -0.4 is 25.4 Å². The van der Waals surface area contributed by atoms with Gasteiger partial charge in [-0.15, -0.1) is 11.8 Å². The minimum Gasteiger partial charge on any atom is -0.493 e. The molecule has 0 spiro atoms. The topological polar surface area (TPSA) is 111 Å². The highest BCUT2D eigenvalue weighted by molar-refractivity contribution is 7.99. The number of fused-ring (bicyclic) bond motifs is 1. The molecule has 8 nitrogen and oxygen atoms in total. The number of amides is 3. The molecule has 0 aromatic heterocycles. The van der Waals surface area contributed by atoms with Crippen LogP contribution in [0.4, 0.5) is 5.69 Å². The van der Waals surface area contributed by atoms with Crippen LogP contribution in [0.1, 0.15) is 18.4 Å². The Morgan fingerprint density at radius 1 is 1.13 bits per heavy atom. The number of nitrogens with one attached hydrogen (secondary N) is 1. The van der Waals surface area contributed by atoms with Gasteiger partial charge in [-0.25, -0.2) is 0 Å². The molecule has 1 aliphatic heterocycles. The van der Waals surface area contributed by atoms with Crippen molar-refractivity contribution in [1.29, 1.82) is 0 Å². The lowest BCUT2D eigenvalue weighted by atomic mass is 10.2. The molecule has 0 radical (unpaired) electrons. The number of rotatable bonds is 9. The molecule has 0 bridgehead atoms. The first-order chi connectivity index (χ1) is 15.0. The summed E-state index contributed by atoms with van der Waals surface area (Å²) in [5.74, 6) is 0.823. The predicted octanol–water partition coefficient (Wildman–Crippen LogP) is 2.09. The van der Waals surface area contributed by atoms with E-state index in [4.69, 9.17) is 15.2 Å². The summed E-state index contributed by atoms with van der Waals surface area (Å²) in [6.45, 7) is 0.676. The van der Waals surface area contributed by atoms with E-state index in [1.807, 2.05) is 24.3 Å². The predicted molar refractivity (Wildman–Crippen MR) is 118 cm³/mol. The van der Waals surface area contributed by atoms with Crippen LogP contribution in [-0.4, -0.2) is 43.7 Å². The molecule has 2 aromatic carbocycles. The van der Waals surface area contributed by atoms with Crippen LogP contribution in [0.25, 0.3) is 0 Å². The number of nitrogens with zero attached hydrogens (tertiary/aromatic N) is 1. The highest BCUT2D eigenvalue weighted by atomic mass is 32.2. The molecule has 0 fully saturated rings. The summed E-state index contributed by atoms with van der Waals surface area (Å²) in [4.78, 5) is 38.6. The smallest absolute Gasteiger partial charge is 0.255 e. The molecule has 0 saturated carbocycles. The second-order valence-corrected chi connectivity index (χ2v) is 8.02. The van der Waals surface area contributed by atoms with Crippen LogP contribution in [0.15, 0.2) is 47.4 Å². The van der Waals surface area contributed by atoms with Gasteiger partial charge in [0.2, 0.25) is 11.8 Å². The molecule has 9 heteroatoms. The summed E-state index contributed by atoms with van der Waals surface area (Å²) in [7, 11) is 1.48. The first-order valence-corrected chi connectivity index (χ1v) is 10.8. The van der Waals surface area contributed by atoms with E-state index >= 15 is 0 Å². The quantitative estimate of drug-likeness (QED) is 0.614. The van der Waals surface area contributed by atoms with Crippen LogP contribution in [0.3, 0.4) is 0 Å². The Hall–Kier alpha value is -3.20. The molecule has 2 aromatic rings. The van der Waals surface area contributed by atoms with Gasteiger partial charge in [-0.2, -0.15) is 0 Å². The first-order valence-electron chi connectivity index (χ1n) is 9.85. The van der Waals surface area contributed by atoms with Crippen molar-refractivity contribution in [3.8, 4) is 11.5 Å². The molecule has 1 aliphatic rings. The maximum absolute atomic E-state index is 12.6. The summed E-state index contributed by atoms with van der Waals surface area (Å²) >= 11 is 1.73. The van der Waals surface area contributed by atoms with Crippen molar-refractivity contribution in [2.45, 2.75) is 24.3 Å². The Kier molecular flexibility index (Phi) is 7.77. The number of anilines is 1. The highest BCUT2D eigenvalue weighted by Crippen LogP contribution is 2.34. The summed E-state index contributed by atoms with van der Waals surface area (Å²) in [5, 5.41) is 2.81. The van der Waals surface area contributed by atoms with Crippen LogP contribution in [0.5, 0.6) is 11.5 Å². The van der Waals surface area contributed by atoms with Crippen molar-refractivity contribution >= 4 is 35.2 Å². The van der Waals surface area contributed by atoms with Crippen LogP contribution in [-0.2, 0) is 20.9 Å². The van der Waals surface area contributed by atoms with Gasteiger partial charge in [0, 0.05) is 36.6 Å². The molecule has 0 saturated heterocycles. The number of hydrogen-bond acceptors (Lipinski definition) is 6. The number of thioether (sulfide) groups is 1. The van der Waals surface area contributed by atoms with Gasteiger partial charge in [0.05, 0.1) is 12.8 Å². The minimum atomic E-state index is -0.584. The number of carbonyl (C=O) groups excluding carboxylic acids is 3. The number of nitrogens with two attached hydrogens (primary N) is 1. The maximum atomic E-state index is 12.6. The molecule has 164 valence electrons. The monoisotopic (exact) mass is 443 g/mol. The normalized spacial score (nSPS) is 12.6. The fourth-order valence-corrected chi connectivity index (χ4v) is 4.16. The number of ether oxygens (including phenoxy) is 2. The lowest BCUT2D eigenvalue weighted by Gasteiger charge is -2.29. The second-order valence-electron chi connectivity index (χ2n) is 6.88.